The molecule has 0 atom stereocenters. The molecule has 0 aromatic heterocycles. The molecule has 0 N–H and O–H groups in total. The van der Waals surface area contributed by atoms with Crippen LogP contribution < -0.4 is 4.74 Å². The highest BCUT2D eigenvalue weighted by atomic mass is 16.6. The maximum absolute atomic E-state index is 12.2. The van der Waals surface area contributed by atoms with E-state index >= 15 is 0 Å². The van der Waals surface area contributed by atoms with Gasteiger partial charge in [0.2, 0.25) is 0 Å². The van der Waals surface area contributed by atoms with Gasteiger partial charge in [0.1, 0.15) is 5.75 Å². The van der Waals surface area contributed by atoms with Gasteiger partial charge in [0.15, 0.2) is 5.41 Å². The van der Waals surface area contributed by atoms with Crippen molar-refractivity contribution in [1.82, 2.24) is 0 Å². The summed E-state index contributed by atoms with van der Waals surface area (Å²) in [6, 6.07) is 7.15. The molecule has 0 saturated carbocycles. The second-order valence-corrected chi connectivity index (χ2v) is 5.67. The fourth-order valence-electron chi connectivity index (χ4n) is 1.69. The van der Waals surface area contributed by atoms with Crippen LogP contribution in [0.25, 0.3) is 0 Å². The number of aryl methyl sites for hydroxylation is 1. The number of ether oxygens (including phenoxy) is 2. The van der Waals surface area contributed by atoms with Gasteiger partial charge < -0.3 is 9.47 Å². The zero-order chi connectivity index (χ0) is 15.9. The molecule has 0 aliphatic carbocycles. The molecule has 0 saturated heterocycles. The highest BCUT2D eigenvalue weighted by Gasteiger charge is 2.39. The molecule has 0 heterocycles. The molecule has 21 heavy (non-hydrogen) atoms. The third-order valence-corrected chi connectivity index (χ3v) is 3.20. The lowest BCUT2D eigenvalue weighted by Gasteiger charge is -2.20. The molecule has 0 aliphatic heterocycles. The monoisotopic (exact) mass is 292 g/mol. The smallest absolute Gasteiger partial charge is 0.328 e. The van der Waals surface area contributed by atoms with E-state index in [0.29, 0.717) is 12.4 Å². The van der Waals surface area contributed by atoms with E-state index in [1.165, 1.54) is 13.8 Å². The zero-order valence-corrected chi connectivity index (χ0v) is 13.3. The first-order valence-electron chi connectivity index (χ1n) is 7.34. The molecule has 0 fully saturated rings. The van der Waals surface area contributed by atoms with Crippen LogP contribution in [0.1, 0.15) is 45.6 Å². The van der Waals surface area contributed by atoms with Crippen molar-refractivity contribution in [2.75, 3.05) is 6.61 Å². The molecule has 0 spiro atoms. The lowest BCUT2D eigenvalue weighted by Crippen LogP contribution is -2.38. The van der Waals surface area contributed by atoms with Crippen LogP contribution in [0, 0.1) is 12.3 Å². The molecule has 0 bridgehead atoms. The summed E-state index contributed by atoms with van der Waals surface area (Å²) in [5, 5.41) is 0. The number of esters is 2. The van der Waals surface area contributed by atoms with Gasteiger partial charge in [0.25, 0.3) is 0 Å². The van der Waals surface area contributed by atoms with Crippen molar-refractivity contribution >= 4 is 11.9 Å². The van der Waals surface area contributed by atoms with Gasteiger partial charge in [-0.3, -0.25) is 9.59 Å². The second kappa shape index (κ2) is 7.81. The minimum absolute atomic E-state index is 0.341. The molecule has 4 heteroatoms. The predicted octanol–water partition coefficient (Wildman–Crippen LogP) is 3.66. The van der Waals surface area contributed by atoms with E-state index in [4.69, 9.17) is 9.47 Å². The molecular weight excluding hydrogens is 268 g/mol. The largest absolute Gasteiger partial charge is 0.465 e. The van der Waals surface area contributed by atoms with E-state index < -0.39 is 17.4 Å². The van der Waals surface area contributed by atoms with Crippen molar-refractivity contribution in [2.45, 2.75) is 47.0 Å². The first-order chi connectivity index (χ1) is 9.87. The molecule has 116 valence electrons. The summed E-state index contributed by atoms with van der Waals surface area (Å²) in [4.78, 5) is 24.2. The maximum Gasteiger partial charge on any atom is 0.328 e. The Hall–Kier alpha value is -1.84. The number of benzene rings is 1. The van der Waals surface area contributed by atoms with Crippen LogP contribution in [0.3, 0.4) is 0 Å². The second-order valence-electron chi connectivity index (χ2n) is 5.67. The summed E-state index contributed by atoms with van der Waals surface area (Å²) in [6.45, 7) is 7.36. The zero-order valence-electron chi connectivity index (χ0n) is 13.3. The van der Waals surface area contributed by atoms with Crippen LogP contribution in [0.15, 0.2) is 24.3 Å². The Morgan fingerprint density at radius 1 is 1.14 bits per heavy atom. The normalized spacial score (nSPS) is 11.0. The third-order valence-electron chi connectivity index (χ3n) is 3.20. The standard InChI is InChI=1S/C17H24O4/c1-5-6-7-11-20-15(18)17(3,4)16(19)21-14-10-8-9-13(2)12-14/h8-10,12H,5-7,11H2,1-4H3. The van der Waals surface area contributed by atoms with Gasteiger partial charge in [-0.05, 0) is 44.9 Å². The van der Waals surface area contributed by atoms with E-state index in [2.05, 4.69) is 6.92 Å². The molecule has 0 unspecified atom stereocenters. The summed E-state index contributed by atoms with van der Waals surface area (Å²) in [5.41, 5.74) is -0.323. The van der Waals surface area contributed by atoms with Crippen molar-refractivity contribution < 1.29 is 19.1 Å². The fourth-order valence-corrected chi connectivity index (χ4v) is 1.69. The number of hydrogen-bond donors (Lipinski definition) is 0. The molecule has 0 amide bonds. The molecule has 0 radical (unpaired) electrons. The van der Waals surface area contributed by atoms with Crippen molar-refractivity contribution in [3.05, 3.63) is 29.8 Å². The SMILES string of the molecule is CCCCCOC(=O)C(C)(C)C(=O)Oc1cccc(C)c1. The third kappa shape index (κ3) is 5.21. The average molecular weight is 292 g/mol. The van der Waals surface area contributed by atoms with Crippen LogP contribution >= 0.6 is 0 Å². The Morgan fingerprint density at radius 2 is 1.86 bits per heavy atom. The summed E-state index contributed by atoms with van der Waals surface area (Å²) in [6.07, 6.45) is 2.86. The minimum Gasteiger partial charge on any atom is -0.465 e. The van der Waals surface area contributed by atoms with Gasteiger partial charge in [-0.1, -0.05) is 31.9 Å². The van der Waals surface area contributed by atoms with E-state index in [1.807, 2.05) is 13.0 Å². The van der Waals surface area contributed by atoms with E-state index in [-0.39, 0.29) is 0 Å². The number of hydrogen-bond acceptors (Lipinski definition) is 4. The van der Waals surface area contributed by atoms with Gasteiger partial charge in [-0.2, -0.15) is 0 Å². The van der Waals surface area contributed by atoms with Gasteiger partial charge in [-0.25, -0.2) is 0 Å². The predicted molar refractivity (Wildman–Crippen MR) is 81.1 cm³/mol. The van der Waals surface area contributed by atoms with Crippen molar-refractivity contribution in [2.24, 2.45) is 5.41 Å². The van der Waals surface area contributed by atoms with Crippen LogP contribution in [-0.4, -0.2) is 18.5 Å². The van der Waals surface area contributed by atoms with E-state index in [1.54, 1.807) is 18.2 Å². The molecular formula is C17H24O4. The van der Waals surface area contributed by atoms with Crippen molar-refractivity contribution in [3.63, 3.8) is 0 Å². The highest BCUT2D eigenvalue weighted by molar-refractivity contribution is 5.99. The van der Waals surface area contributed by atoms with Gasteiger partial charge in [0.05, 0.1) is 6.61 Å². The lowest BCUT2D eigenvalue weighted by atomic mass is 9.94. The topological polar surface area (TPSA) is 52.6 Å². The Labute approximate surface area is 126 Å². The first kappa shape index (κ1) is 17.2. The first-order valence-corrected chi connectivity index (χ1v) is 7.34. The molecule has 1 rings (SSSR count). The summed E-state index contributed by atoms with van der Waals surface area (Å²) in [5.74, 6) is -0.711. The number of carbonyl (C=O) groups excluding carboxylic acids is 2. The van der Waals surface area contributed by atoms with Crippen LogP contribution in [0.4, 0.5) is 0 Å². The highest BCUT2D eigenvalue weighted by Crippen LogP contribution is 2.22. The number of rotatable bonds is 7. The number of unbranched alkanes of at least 4 members (excludes halogenated alkanes) is 2. The number of carbonyl (C=O) groups is 2. The molecule has 1 aromatic rings. The Bertz CT molecular complexity index is 491. The fraction of sp³-hybridized carbons (Fsp3) is 0.529. The van der Waals surface area contributed by atoms with E-state index in [9.17, 15) is 9.59 Å². The van der Waals surface area contributed by atoms with Crippen molar-refractivity contribution in [1.29, 1.82) is 0 Å². The Kier molecular flexibility index (Phi) is 6.40. The molecule has 0 aliphatic rings. The van der Waals surface area contributed by atoms with Crippen LogP contribution in [-0.2, 0) is 14.3 Å². The van der Waals surface area contributed by atoms with Gasteiger partial charge in [-0.15, -0.1) is 0 Å². The van der Waals surface area contributed by atoms with Crippen LogP contribution in [0.5, 0.6) is 5.75 Å². The summed E-state index contributed by atoms with van der Waals surface area (Å²) >= 11 is 0. The van der Waals surface area contributed by atoms with E-state index in [0.717, 1.165) is 24.8 Å². The Morgan fingerprint density at radius 3 is 2.48 bits per heavy atom. The van der Waals surface area contributed by atoms with Crippen molar-refractivity contribution in [3.8, 4) is 5.75 Å². The Balaban J connectivity index is 2.59. The minimum atomic E-state index is -1.31. The molecule has 4 nitrogen and oxygen atoms in total. The lowest BCUT2D eigenvalue weighted by molar-refractivity contribution is -0.164. The van der Waals surface area contributed by atoms with Gasteiger partial charge in [0, 0.05) is 0 Å². The quantitative estimate of drug-likeness (QED) is 0.333. The average Bonchev–Trinajstić information content (AvgIpc) is 2.43. The van der Waals surface area contributed by atoms with Gasteiger partial charge >= 0.3 is 11.9 Å². The summed E-state index contributed by atoms with van der Waals surface area (Å²) in [7, 11) is 0. The molecule has 1 aromatic carbocycles. The summed E-state index contributed by atoms with van der Waals surface area (Å²) < 4.78 is 10.4. The van der Waals surface area contributed by atoms with Crippen LogP contribution in [0.2, 0.25) is 0 Å². The maximum atomic E-state index is 12.2.